The molecule has 2 aromatic rings. The summed E-state index contributed by atoms with van der Waals surface area (Å²) < 4.78 is 1.46. The van der Waals surface area contributed by atoms with Crippen LogP contribution in [0.4, 0.5) is 10.6 Å². The van der Waals surface area contributed by atoms with Crippen LogP contribution in [0.25, 0.3) is 5.69 Å². The van der Waals surface area contributed by atoms with Crippen LogP contribution in [0, 0.1) is 5.92 Å². The van der Waals surface area contributed by atoms with Crippen LogP contribution in [0.1, 0.15) is 45.6 Å². The third-order valence-electron chi connectivity index (χ3n) is 7.99. The van der Waals surface area contributed by atoms with Gasteiger partial charge < -0.3 is 26.2 Å². The van der Waals surface area contributed by atoms with Gasteiger partial charge in [0.15, 0.2) is 0 Å². The molecule has 1 aromatic carbocycles. The second-order valence-electron chi connectivity index (χ2n) is 11.6. The molecule has 5 N–H and O–H groups in total. The van der Waals surface area contributed by atoms with Crippen molar-refractivity contribution in [2.45, 2.75) is 58.0 Å². The number of nitrogens with two attached hydrogens (primary N) is 2. The van der Waals surface area contributed by atoms with Gasteiger partial charge in [0.05, 0.1) is 11.2 Å². The molecule has 218 valence electrons. The molecule has 2 fully saturated rings. The third kappa shape index (κ3) is 7.47. The predicted molar refractivity (Wildman–Crippen MR) is 156 cm³/mol. The molecule has 11 heteroatoms. The topological polar surface area (TPSA) is 143 Å². The number of hydrogen-bond acceptors (Lipinski definition) is 7. The monoisotopic (exact) mass is 552 g/mol. The number of amides is 3. The summed E-state index contributed by atoms with van der Waals surface area (Å²) >= 11 is 0. The Morgan fingerprint density at radius 1 is 1.07 bits per heavy atom. The summed E-state index contributed by atoms with van der Waals surface area (Å²) in [5, 5.41) is 2.70. The van der Waals surface area contributed by atoms with Crippen molar-refractivity contribution < 1.29 is 9.59 Å². The average molecular weight is 553 g/mol. The molecule has 0 spiro atoms. The number of urea groups is 1. The molecule has 3 amide bonds. The summed E-state index contributed by atoms with van der Waals surface area (Å²) in [5.74, 6) is 0.629. The molecule has 2 saturated heterocycles. The highest BCUT2D eigenvalue weighted by molar-refractivity contribution is 5.89. The molecule has 0 aliphatic carbocycles. The predicted octanol–water partition coefficient (Wildman–Crippen LogP) is 1.64. The Labute approximate surface area is 236 Å². The summed E-state index contributed by atoms with van der Waals surface area (Å²) in [6.07, 6.45) is 6.01. The molecular weight excluding hydrogens is 508 g/mol. The average Bonchev–Trinajstić information content (AvgIpc) is 2.95. The van der Waals surface area contributed by atoms with E-state index in [1.54, 1.807) is 35.9 Å². The fourth-order valence-electron chi connectivity index (χ4n) is 5.47. The number of carbonyl (C=O) groups is 2. The first kappa shape index (κ1) is 29.7. The van der Waals surface area contributed by atoms with E-state index in [9.17, 15) is 14.4 Å². The van der Waals surface area contributed by atoms with Crippen LogP contribution in [-0.4, -0.2) is 93.6 Å². The summed E-state index contributed by atoms with van der Waals surface area (Å²) in [4.78, 5) is 47.7. The summed E-state index contributed by atoms with van der Waals surface area (Å²) in [5.41, 5.74) is 12.7. The Balaban J connectivity index is 1.29. The lowest BCUT2D eigenvalue weighted by molar-refractivity contribution is -0.137. The van der Waals surface area contributed by atoms with E-state index in [-0.39, 0.29) is 23.8 Å². The van der Waals surface area contributed by atoms with Crippen molar-refractivity contribution >= 4 is 17.8 Å². The number of nitrogens with zero attached hydrogens (tertiary/aromatic N) is 5. The van der Waals surface area contributed by atoms with Gasteiger partial charge >= 0.3 is 11.7 Å². The number of likely N-dealkylation sites (tertiary alicyclic amines) is 1. The first-order valence-electron chi connectivity index (χ1n) is 14.4. The highest BCUT2D eigenvalue weighted by Gasteiger charge is 2.31. The molecule has 4 rings (SSSR count). The van der Waals surface area contributed by atoms with Crippen molar-refractivity contribution in [3.8, 4) is 5.69 Å². The lowest BCUT2D eigenvalue weighted by Crippen LogP contribution is -2.58. The van der Waals surface area contributed by atoms with Crippen molar-refractivity contribution in [3.63, 3.8) is 0 Å². The van der Waals surface area contributed by atoms with Crippen LogP contribution in [0.5, 0.6) is 0 Å². The van der Waals surface area contributed by atoms with Gasteiger partial charge in [-0.25, -0.2) is 9.59 Å². The van der Waals surface area contributed by atoms with Gasteiger partial charge in [-0.2, -0.15) is 4.98 Å². The second kappa shape index (κ2) is 12.9. The number of hydrogen-bond donors (Lipinski definition) is 3. The van der Waals surface area contributed by atoms with Crippen LogP contribution < -0.4 is 22.5 Å². The van der Waals surface area contributed by atoms with Gasteiger partial charge in [-0.1, -0.05) is 19.1 Å². The highest BCUT2D eigenvalue weighted by Crippen LogP contribution is 2.21. The van der Waals surface area contributed by atoms with Crippen LogP contribution in [0.15, 0.2) is 41.3 Å². The Kier molecular flexibility index (Phi) is 9.60. The van der Waals surface area contributed by atoms with Crippen LogP contribution >= 0.6 is 0 Å². The zero-order valence-electron chi connectivity index (χ0n) is 24.0. The van der Waals surface area contributed by atoms with Crippen LogP contribution in [-0.2, 0) is 11.2 Å². The molecular formula is C29H44N8O3. The van der Waals surface area contributed by atoms with E-state index in [0.717, 1.165) is 38.2 Å². The molecule has 3 heterocycles. The molecule has 40 heavy (non-hydrogen) atoms. The van der Waals surface area contributed by atoms with Gasteiger partial charge in [0.25, 0.3) is 0 Å². The lowest BCUT2D eigenvalue weighted by atomic mass is 9.89. The molecule has 2 unspecified atom stereocenters. The maximum absolute atomic E-state index is 12.8. The smallest absolute Gasteiger partial charge is 0.338 e. The van der Waals surface area contributed by atoms with Crippen molar-refractivity contribution in [1.29, 1.82) is 0 Å². The Bertz CT molecular complexity index is 1220. The minimum Gasteiger partial charge on any atom is -0.338 e. The quantitative estimate of drug-likeness (QED) is 0.452. The van der Waals surface area contributed by atoms with Crippen molar-refractivity contribution in [3.05, 3.63) is 52.6 Å². The normalized spacial score (nSPS) is 19.4. The van der Waals surface area contributed by atoms with Gasteiger partial charge in [0.2, 0.25) is 5.91 Å². The number of benzene rings is 1. The Morgan fingerprint density at radius 2 is 1.75 bits per heavy atom. The van der Waals surface area contributed by atoms with Crippen molar-refractivity contribution in [2.75, 3.05) is 51.1 Å². The fraction of sp³-hybridized carbons (Fsp3) is 0.586. The zero-order valence-corrected chi connectivity index (χ0v) is 24.0. The van der Waals surface area contributed by atoms with Gasteiger partial charge in [-0.3, -0.25) is 14.7 Å². The minimum absolute atomic E-state index is 0.140. The fourth-order valence-corrected chi connectivity index (χ4v) is 5.47. The van der Waals surface area contributed by atoms with Gasteiger partial charge in [0.1, 0.15) is 5.82 Å². The number of nitrogens with one attached hydrogen (secondary N) is 1. The molecule has 0 radical (unpaired) electrons. The Hall–Kier alpha value is -3.28. The lowest BCUT2D eigenvalue weighted by Gasteiger charge is -2.37. The first-order valence-corrected chi connectivity index (χ1v) is 14.4. The number of aromatic nitrogens is 2. The number of rotatable bonds is 8. The SMILES string of the molecule is CCC(N)C1CCCN(CCc2ccc(-n3ccc(NC(=O)N4CCN(C(=O)C(C)(C)N)CC4)nc3=O)cc2)C1. The number of piperidine rings is 1. The summed E-state index contributed by atoms with van der Waals surface area (Å²) in [6, 6.07) is 9.48. The van der Waals surface area contributed by atoms with Crippen LogP contribution in [0.3, 0.4) is 0 Å². The zero-order chi connectivity index (χ0) is 28.9. The number of piperazine rings is 1. The standard InChI is InChI=1S/C29H44N8O3/c1-4-24(30)22-6-5-13-34(20-22)14-11-21-7-9-23(10-8-21)37-15-12-25(33-28(37)40)32-27(39)36-18-16-35(17-19-36)26(38)29(2,3)31/h7-10,12,15,22,24H,4-6,11,13-14,16-20,30-31H2,1-3H3,(H,32,33,39,40). The maximum atomic E-state index is 12.8. The van der Waals surface area contributed by atoms with Crippen molar-refractivity contribution in [2.24, 2.45) is 17.4 Å². The molecule has 2 aliphatic heterocycles. The molecule has 1 aromatic heterocycles. The second-order valence-corrected chi connectivity index (χ2v) is 11.6. The van der Waals surface area contributed by atoms with E-state index in [2.05, 4.69) is 22.1 Å². The van der Waals surface area contributed by atoms with E-state index in [0.29, 0.717) is 32.1 Å². The highest BCUT2D eigenvalue weighted by atomic mass is 16.2. The minimum atomic E-state index is -0.946. The molecule has 0 saturated carbocycles. The van der Waals surface area contributed by atoms with E-state index >= 15 is 0 Å². The van der Waals surface area contributed by atoms with Crippen LogP contribution in [0.2, 0.25) is 0 Å². The van der Waals surface area contributed by atoms with E-state index in [4.69, 9.17) is 11.5 Å². The Morgan fingerprint density at radius 3 is 2.38 bits per heavy atom. The molecule has 11 nitrogen and oxygen atoms in total. The number of carbonyl (C=O) groups excluding carboxylic acids is 2. The van der Waals surface area contributed by atoms with E-state index in [1.165, 1.54) is 23.0 Å². The summed E-state index contributed by atoms with van der Waals surface area (Å²) in [6.45, 7) is 10.3. The molecule has 0 bridgehead atoms. The maximum Gasteiger partial charge on any atom is 0.354 e. The van der Waals surface area contributed by atoms with E-state index in [1.807, 2.05) is 24.3 Å². The molecule has 2 atom stereocenters. The van der Waals surface area contributed by atoms with Gasteiger partial charge in [0, 0.05) is 51.5 Å². The summed E-state index contributed by atoms with van der Waals surface area (Å²) in [7, 11) is 0. The largest absolute Gasteiger partial charge is 0.354 e. The van der Waals surface area contributed by atoms with E-state index < -0.39 is 11.2 Å². The molecule has 2 aliphatic rings. The number of anilines is 1. The van der Waals surface area contributed by atoms with Gasteiger partial charge in [-0.15, -0.1) is 0 Å². The third-order valence-corrected chi connectivity index (χ3v) is 7.99. The van der Waals surface area contributed by atoms with Crippen molar-refractivity contribution in [1.82, 2.24) is 24.3 Å². The van der Waals surface area contributed by atoms with Gasteiger partial charge in [-0.05, 0) is 75.8 Å². The first-order chi connectivity index (χ1) is 19.0.